The highest BCUT2D eigenvalue weighted by Gasteiger charge is 2.05. The number of nitrogens with two attached hydrogens (primary N) is 1. The molecule has 0 fully saturated rings. The quantitative estimate of drug-likeness (QED) is 0.904. The van der Waals surface area contributed by atoms with Gasteiger partial charge < -0.3 is 10.7 Å². The zero-order valence-corrected chi connectivity index (χ0v) is 10.5. The van der Waals surface area contributed by atoms with Crippen LogP contribution in [0.15, 0.2) is 34.9 Å². The zero-order chi connectivity index (χ0) is 11.4. The summed E-state index contributed by atoms with van der Waals surface area (Å²) < 4.78 is 1.07. The summed E-state index contributed by atoms with van der Waals surface area (Å²) in [5.41, 5.74) is 7.64. The molecule has 0 amide bonds. The van der Waals surface area contributed by atoms with Crippen LogP contribution in [-0.2, 0) is 6.42 Å². The third kappa shape index (κ3) is 2.51. The van der Waals surface area contributed by atoms with Crippen LogP contribution in [0.1, 0.15) is 12.2 Å². The Labute approximate surface area is 103 Å². The lowest BCUT2D eigenvalue weighted by Gasteiger charge is -2.00. The first kappa shape index (κ1) is 11.4. The molecule has 0 aliphatic rings. The van der Waals surface area contributed by atoms with Crippen LogP contribution >= 0.6 is 15.9 Å². The normalized spacial score (nSPS) is 10.6. The van der Waals surface area contributed by atoms with Gasteiger partial charge in [-0.15, -0.1) is 0 Å². The van der Waals surface area contributed by atoms with Crippen LogP contribution in [0.25, 0.3) is 11.3 Å². The van der Waals surface area contributed by atoms with Crippen molar-refractivity contribution in [2.45, 2.75) is 12.8 Å². The molecule has 4 heteroatoms. The summed E-state index contributed by atoms with van der Waals surface area (Å²) in [7, 11) is 0. The number of aromatic amines is 1. The van der Waals surface area contributed by atoms with Gasteiger partial charge in [0, 0.05) is 16.5 Å². The highest BCUT2D eigenvalue weighted by atomic mass is 79.9. The third-order valence-electron chi connectivity index (χ3n) is 2.41. The molecular weight excluding hydrogens is 266 g/mol. The van der Waals surface area contributed by atoms with Crippen LogP contribution < -0.4 is 5.73 Å². The lowest BCUT2D eigenvalue weighted by Crippen LogP contribution is -2.01. The minimum absolute atomic E-state index is 0.699. The van der Waals surface area contributed by atoms with E-state index in [1.807, 2.05) is 24.4 Å². The second-order valence-electron chi connectivity index (χ2n) is 3.62. The monoisotopic (exact) mass is 279 g/mol. The number of benzene rings is 1. The predicted molar refractivity (Wildman–Crippen MR) is 69.1 cm³/mol. The predicted octanol–water partition coefficient (Wildman–Crippen LogP) is 2.73. The Morgan fingerprint density at radius 2 is 2.12 bits per heavy atom. The summed E-state index contributed by atoms with van der Waals surface area (Å²) in [5, 5.41) is 0. The molecule has 1 aromatic carbocycles. The molecule has 0 unspecified atom stereocenters. The van der Waals surface area contributed by atoms with Gasteiger partial charge in [0.1, 0.15) is 5.82 Å². The number of nitrogens with one attached hydrogen (secondary N) is 1. The number of H-pyrrole nitrogens is 1. The van der Waals surface area contributed by atoms with E-state index >= 15 is 0 Å². The lowest BCUT2D eigenvalue weighted by atomic mass is 10.2. The fourth-order valence-electron chi connectivity index (χ4n) is 1.58. The Hall–Kier alpha value is -1.13. The summed E-state index contributed by atoms with van der Waals surface area (Å²) in [5.74, 6) is 0.996. The molecule has 0 atom stereocenters. The van der Waals surface area contributed by atoms with Gasteiger partial charge in [0.2, 0.25) is 0 Å². The minimum Gasteiger partial charge on any atom is -0.342 e. The SMILES string of the molecule is NCCCc1ncc(-c2ccccc2Br)[nH]1. The Balaban J connectivity index is 2.22. The second kappa shape index (κ2) is 5.27. The zero-order valence-electron chi connectivity index (χ0n) is 8.91. The fraction of sp³-hybridized carbons (Fsp3) is 0.250. The second-order valence-corrected chi connectivity index (χ2v) is 4.47. The molecule has 1 aromatic heterocycles. The number of aromatic nitrogens is 2. The fourth-order valence-corrected chi connectivity index (χ4v) is 2.07. The molecule has 3 nitrogen and oxygen atoms in total. The number of halogens is 1. The largest absolute Gasteiger partial charge is 0.342 e. The molecule has 1 heterocycles. The summed E-state index contributed by atoms with van der Waals surface area (Å²) in [4.78, 5) is 7.65. The Bertz CT molecular complexity index is 465. The molecule has 0 saturated heterocycles. The van der Waals surface area contributed by atoms with E-state index in [4.69, 9.17) is 5.73 Å². The third-order valence-corrected chi connectivity index (χ3v) is 3.10. The maximum atomic E-state index is 5.47. The van der Waals surface area contributed by atoms with Crippen molar-refractivity contribution < 1.29 is 0 Å². The van der Waals surface area contributed by atoms with Crippen LogP contribution in [0.5, 0.6) is 0 Å². The van der Waals surface area contributed by atoms with Crippen LogP contribution in [0, 0.1) is 0 Å². The average molecular weight is 280 g/mol. The van der Waals surface area contributed by atoms with Gasteiger partial charge >= 0.3 is 0 Å². The van der Waals surface area contributed by atoms with E-state index in [-0.39, 0.29) is 0 Å². The highest BCUT2D eigenvalue weighted by molar-refractivity contribution is 9.10. The van der Waals surface area contributed by atoms with Gasteiger partial charge in [0.25, 0.3) is 0 Å². The molecule has 2 aromatic rings. The first-order valence-electron chi connectivity index (χ1n) is 5.30. The van der Waals surface area contributed by atoms with Crippen LogP contribution in [0.3, 0.4) is 0 Å². The minimum atomic E-state index is 0.699. The molecule has 0 bridgehead atoms. The Kier molecular flexibility index (Phi) is 3.74. The lowest BCUT2D eigenvalue weighted by molar-refractivity contribution is 0.794. The van der Waals surface area contributed by atoms with Crippen molar-refractivity contribution in [3.8, 4) is 11.3 Å². The van der Waals surface area contributed by atoms with Crippen molar-refractivity contribution in [1.29, 1.82) is 0 Å². The van der Waals surface area contributed by atoms with Gasteiger partial charge in [-0.2, -0.15) is 0 Å². The summed E-state index contributed by atoms with van der Waals surface area (Å²) >= 11 is 3.53. The number of nitrogens with zero attached hydrogens (tertiary/aromatic N) is 1. The molecule has 0 saturated carbocycles. The van der Waals surface area contributed by atoms with E-state index in [9.17, 15) is 0 Å². The van der Waals surface area contributed by atoms with Crippen molar-refractivity contribution >= 4 is 15.9 Å². The molecule has 0 radical (unpaired) electrons. The first-order valence-corrected chi connectivity index (χ1v) is 6.09. The molecule has 0 aliphatic heterocycles. The summed E-state index contributed by atoms with van der Waals surface area (Å²) in [6.07, 6.45) is 3.73. The number of hydrogen-bond acceptors (Lipinski definition) is 2. The molecule has 0 spiro atoms. The topological polar surface area (TPSA) is 54.7 Å². The smallest absolute Gasteiger partial charge is 0.106 e. The van der Waals surface area contributed by atoms with Crippen molar-refractivity contribution in [2.75, 3.05) is 6.54 Å². The van der Waals surface area contributed by atoms with E-state index in [0.717, 1.165) is 34.4 Å². The average Bonchev–Trinajstić information content (AvgIpc) is 2.75. The Morgan fingerprint density at radius 3 is 2.88 bits per heavy atom. The number of hydrogen-bond donors (Lipinski definition) is 2. The highest BCUT2D eigenvalue weighted by Crippen LogP contribution is 2.26. The van der Waals surface area contributed by atoms with Crippen molar-refractivity contribution in [3.63, 3.8) is 0 Å². The van der Waals surface area contributed by atoms with E-state index in [1.54, 1.807) is 0 Å². The van der Waals surface area contributed by atoms with E-state index < -0.39 is 0 Å². The van der Waals surface area contributed by atoms with Gasteiger partial charge in [-0.1, -0.05) is 34.1 Å². The van der Waals surface area contributed by atoms with Crippen LogP contribution in [0.4, 0.5) is 0 Å². The van der Waals surface area contributed by atoms with E-state index in [2.05, 4.69) is 32.0 Å². The van der Waals surface area contributed by atoms with Gasteiger partial charge in [-0.05, 0) is 19.0 Å². The van der Waals surface area contributed by atoms with Gasteiger partial charge in [-0.25, -0.2) is 4.98 Å². The maximum absolute atomic E-state index is 5.47. The summed E-state index contributed by atoms with van der Waals surface area (Å²) in [6, 6.07) is 8.10. The first-order chi connectivity index (χ1) is 7.81. The molecule has 84 valence electrons. The number of rotatable bonds is 4. The molecule has 0 aliphatic carbocycles. The standard InChI is InChI=1S/C12H14BrN3/c13-10-5-2-1-4-9(10)11-8-15-12(16-11)6-3-7-14/h1-2,4-5,8H,3,6-7,14H2,(H,15,16). The molecular formula is C12H14BrN3. The van der Waals surface area contributed by atoms with Gasteiger partial charge in [-0.3, -0.25) is 0 Å². The maximum Gasteiger partial charge on any atom is 0.106 e. The van der Waals surface area contributed by atoms with Crippen molar-refractivity contribution in [2.24, 2.45) is 5.73 Å². The molecule has 3 N–H and O–H groups in total. The van der Waals surface area contributed by atoms with Crippen LogP contribution in [-0.4, -0.2) is 16.5 Å². The number of aryl methyl sites for hydroxylation is 1. The van der Waals surface area contributed by atoms with Gasteiger partial charge in [0.05, 0.1) is 11.9 Å². The molecule has 16 heavy (non-hydrogen) atoms. The number of imidazole rings is 1. The van der Waals surface area contributed by atoms with Gasteiger partial charge in [0.15, 0.2) is 0 Å². The summed E-state index contributed by atoms with van der Waals surface area (Å²) in [6.45, 7) is 0.699. The van der Waals surface area contributed by atoms with Crippen LogP contribution in [0.2, 0.25) is 0 Å². The Morgan fingerprint density at radius 1 is 1.31 bits per heavy atom. The van der Waals surface area contributed by atoms with E-state index in [1.165, 1.54) is 0 Å². The van der Waals surface area contributed by atoms with E-state index in [0.29, 0.717) is 6.54 Å². The molecule has 2 rings (SSSR count). The van der Waals surface area contributed by atoms with Crippen molar-refractivity contribution in [1.82, 2.24) is 9.97 Å². The van der Waals surface area contributed by atoms with Crippen molar-refractivity contribution in [3.05, 3.63) is 40.8 Å².